The number of carbonyl (C=O) groups excluding carboxylic acids is 1. The van der Waals surface area contributed by atoms with Crippen LogP contribution in [0.4, 0.5) is 0 Å². The van der Waals surface area contributed by atoms with E-state index >= 15 is 0 Å². The van der Waals surface area contributed by atoms with Gasteiger partial charge in [-0.2, -0.15) is 5.10 Å². The number of hydrogen-bond acceptors (Lipinski definition) is 8. The van der Waals surface area contributed by atoms with Gasteiger partial charge in [0.15, 0.2) is 22.5 Å². The highest BCUT2D eigenvalue weighted by atomic mass is 79.9. The van der Waals surface area contributed by atoms with Crippen molar-refractivity contribution in [2.75, 3.05) is 27.1 Å². The molecule has 0 aliphatic rings. The zero-order chi connectivity index (χ0) is 27.1. The van der Waals surface area contributed by atoms with Crippen molar-refractivity contribution in [3.8, 4) is 34.3 Å². The molecule has 0 saturated heterocycles. The van der Waals surface area contributed by atoms with E-state index in [1.165, 1.54) is 11.8 Å². The van der Waals surface area contributed by atoms with E-state index in [2.05, 4.69) is 36.7 Å². The third-order valence-electron chi connectivity index (χ3n) is 5.51. The van der Waals surface area contributed by atoms with Gasteiger partial charge in [0, 0.05) is 15.7 Å². The lowest BCUT2D eigenvalue weighted by Gasteiger charge is -2.15. The van der Waals surface area contributed by atoms with Crippen LogP contribution < -0.4 is 19.6 Å². The summed E-state index contributed by atoms with van der Waals surface area (Å²) in [5.74, 6) is 1.87. The standard InChI is InChI=1S/C27H26BrN5O4S/c1-17(18-10-12-20(28)13-11-18)29-30-24(34)16-38-27-32-31-26(33(27)21-8-6-5-7-9-21)19-14-22(35-2)25(37-4)23(15-19)36-3/h5-15H,16H2,1-4H3,(H,30,34)/b29-17-. The second-order valence-electron chi connectivity index (χ2n) is 7.92. The highest BCUT2D eigenvalue weighted by Gasteiger charge is 2.21. The van der Waals surface area contributed by atoms with E-state index in [0.717, 1.165) is 15.7 Å². The van der Waals surface area contributed by atoms with E-state index in [4.69, 9.17) is 14.2 Å². The minimum Gasteiger partial charge on any atom is -0.493 e. The Bertz CT molecular complexity index is 1420. The molecule has 0 bridgehead atoms. The molecule has 11 heteroatoms. The maximum Gasteiger partial charge on any atom is 0.250 e. The summed E-state index contributed by atoms with van der Waals surface area (Å²) in [6.45, 7) is 1.84. The Hall–Kier alpha value is -3.83. The second-order valence-corrected chi connectivity index (χ2v) is 9.78. The van der Waals surface area contributed by atoms with Crippen LogP contribution >= 0.6 is 27.7 Å². The molecule has 4 aromatic rings. The molecule has 9 nitrogen and oxygen atoms in total. The van der Waals surface area contributed by atoms with Crippen LogP contribution in [0.2, 0.25) is 0 Å². The van der Waals surface area contributed by atoms with Gasteiger partial charge in [-0.3, -0.25) is 9.36 Å². The Kier molecular flexibility index (Phi) is 9.03. The maximum absolute atomic E-state index is 12.6. The van der Waals surface area contributed by atoms with E-state index < -0.39 is 0 Å². The van der Waals surface area contributed by atoms with Gasteiger partial charge in [0.25, 0.3) is 5.91 Å². The number of halogens is 1. The van der Waals surface area contributed by atoms with Crippen LogP contribution in [0.25, 0.3) is 17.1 Å². The van der Waals surface area contributed by atoms with Gasteiger partial charge in [-0.05, 0) is 48.9 Å². The predicted molar refractivity (Wildman–Crippen MR) is 152 cm³/mol. The molecule has 0 radical (unpaired) electrons. The van der Waals surface area contributed by atoms with Gasteiger partial charge in [-0.1, -0.05) is 58.0 Å². The number of nitrogens with zero attached hydrogens (tertiary/aromatic N) is 4. The fourth-order valence-electron chi connectivity index (χ4n) is 3.63. The Morgan fingerprint density at radius 1 is 0.974 bits per heavy atom. The zero-order valence-electron chi connectivity index (χ0n) is 21.3. The SMILES string of the molecule is COc1cc(-c2nnc(SCC(=O)N/N=C(/C)c3ccc(Br)cc3)n2-c2ccccc2)cc(OC)c1OC. The molecule has 0 aliphatic heterocycles. The third kappa shape index (κ3) is 6.17. The molecular formula is C27H26BrN5O4S. The molecule has 1 amide bonds. The van der Waals surface area contributed by atoms with Crippen molar-refractivity contribution < 1.29 is 19.0 Å². The van der Waals surface area contributed by atoms with Gasteiger partial charge in [0.05, 0.1) is 32.8 Å². The summed E-state index contributed by atoms with van der Waals surface area (Å²) in [6.07, 6.45) is 0. The van der Waals surface area contributed by atoms with Crippen molar-refractivity contribution in [1.82, 2.24) is 20.2 Å². The van der Waals surface area contributed by atoms with Crippen LogP contribution in [0.1, 0.15) is 12.5 Å². The maximum atomic E-state index is 12.6. The monoisotopic (exact) mass is 595 g/mol. The van der Waals surface area contributed by atoms with E-state index in [9.17, 15) is 4.79 Å². The first-order valence-electron chi connectivity index (χ1n) is 11.5. The van der Waals surface area contributed by atoms with Crippen molar-refractivity contribution in [3.63, 3.8) is 0 Å². The largest absolute Gasteiger partial charge is 0.493 e. The normalized spacial score (nSPS) is 11.2. The van der Waals surface area contributed by atoms with Crippen molar-refractivity contribution in [3.05, 3.63) is 76.8 Å². The Morgan fingerprint density at radius 2 is 1.63 bits per heavy atom. The van der Waals surface area contributed by atoms with E-state index in [0.29, 0.717) is 39.5 Å². The van der Waals surface area contributed by atoms with Gasteiger partial charge in [-0.25, -0.2) is 5.43 Å². The molecule has 196 valence electrons. The minimum absolute atomic E-state index is 0.0946. The number of methoxy groups -OCH3 is 3. The van der Waals surface area contributed by atoms with Crippen LogP contribution in [-0.4, -0.2) is 53.5 Å². The highest BCUT2D eigenvalue weighted by molar-refractivity contribution is 9.10. The molecule has 0 atom stereocenters. The van der Waals surface area contributed by atoms with E-state index in [1.54, 1.807) is 21.3 Å². The van der Waals surface area contributed by atoms with Crippen LogP contribution in [0, 0.1) is 0 Å². The second kappa shape index (κ2) is 12.6. The number of aromatic nitrogens is 3. The first-order valence-corrected chi connectivity index (χ1v) is 13.3. The summed E-state index contributed by atoms with van der Waals surface area (Å²) >= 11 is 4.67. The molecule has 1 N–H and O–H groups in total. The van der Waals surface area contributed by atoms with Crippen molar-refractivity contribution >= 4 is 39.3 Å². The summed E-state index contributed by atoms with van der Waals surface area (Å²) in [5.41, 5.74) is 5.79. The zero-order valence-corrected chi connectivity index (χ0v) is 23.7. The Balaban J connectivity index is 1.60. The average Bonchev–Trinajstić information content (AvgIpc) is 3.38. The molecule has 38 heavy (non-hydrogen) atoms. The molecule has 4 rings (SSSR count). The molecule has 1 heterocycles. The fraction of sp³-hybridized carbons (Fsp3) is 0.185. The first-order chi connectivity index (χ1) is 18.4. The van der Waals surface area contributed by atoms with Crippen LogP contribution in [0.15, 0.2) is 81.5 Å². The first kappa shape index (κ1) is 27.2. The van der Waals surface area contributed by atoms with Gasteiger partial charge in [-0.15, -0.1) is 10.2 Å². The topological polar surface area (TPSA) is 99.9 Å². The molecule has 0 saturated carbocycles. The lowest BCUT2D eigenvalue weighted by atomic mass is 10.1. The third-order valence-corrected chi connectivity index (χ3v) is 6.97. The summed E-state index contributed by atoms with van der Waals surface area (Å²) in [4.78, 5) is 12.6. The van der Waals surface area contributed by atoms with Gasteiger partial charge in [0.2, 0.25) is 5.75 Å². The molecule has 3 aromatic carbocycles. The van der Waals surface area contributed by atoms with Crippen LogP contribution in [0.3, 0.4) is 0 Å². The lowest BCUT2D eigenvalue weighted by Crippen LogP contribution is -2.21. The molecule has 0 aliphatic carbocycles. The van der Waals surface area contributed by atoms with Crippen LogP contribution in [0.5, 0.6) is 17.2 Å². The van der Waals surface area contributed by atoms with E-state index in [1.807, 2.05) is 78.2 Å². The molecule has 0 unspecified atom stereocenters. The van der Waals surface area contributed by atoms with Gasteiger partial charge in [0.1, 0.15) is 0 Å². The number of benzene rings is 3. The highest BCUT2D eigenvalue weighted by Crippen LogP contribution is 2.41. The Morgan fingerprint density at radius 3 is 2.24 bits per heavy atom. The number of ether oxygens (including phenoxy) is 3. The number of hydrogen-bond donors (Lipinski definition) is 1. The quantitative estimate of drug-likeness (QED) is 0.150. The summed E-state index contributed by atoms with van der Waals surface area (Å²) in [7, 11) is 4.67. The minimum atomic E-state index is -0.261. The number of thioether (sulfide) groups is 1. The van der Waals surface area contributed by atoms with Gasteiger partial charge >= 0.3 is 0 Å². The number of amides is 1. The molecule has 0 spiro atoms. The Labute approximate surface area is 233 Å². The van der Waals surface area contributed by atoms with Crippen LogP contribution in [-0.2, 0) is 4.79 Å². The molecule has 1 aromatic heterocycles. The van der Waals surface area contributed by atoms with Crippen molar-refractivity contribution in [2.45, 2.75) is 12.1 Å². The summed E-state index contributed by atoms with van der Waals surface area (Å²) in [6, 6.07) is 21.0. The number of hydrazone groups is 1. The number of nitrogens with one attached hydrogen (secondary N) is 1. The molecular weight excluding hydrogens is 570 g/mol. The summed E-state index contributed by atoms with van der Waals surface area (Å²) in [5, 5.41) is 13.6. The number of carbonyl (C=O) groups is 1. The predicted octanol–water partition coefficient (Wildman–Crippen LogP) is 5.36. The number of para-hydroxylation sites is 1. The lowest BCUT2D eigenvalue weighted by molar-refractivity contribution is -0.118. The summed E-state index contributed by atoms with van der Waals surface area (Å²) < 4.78 is 19.4. The number of rotatable bonds is 10. The van der Waals surface area contributed by atoms with E-state index in [-0.39, 0.29) is 11.7 Å². The smallest absolute Gasteiger partial charge is 0.250 e. The van der Waals surface area contributed by atoms with Crippen molar-refractivity contribution in [1.29, 1.82) is 0 Å². The van der Waals surface area contributed by atoms with Crippen molar-refractivity contribution in [2.24, 2.45) is 5.10 Å². The van der Waals surface area contributed by atoms with Gasteiger partial charge < -0.3 is 14.2 Å². The fourth-order valence-corrected chi connectivity index (χ4v) is 4.64. The average molecular weight is 597 g/mol. The molecule has 0 fully saturated rings.